The van der Waals surface area contributed by atoms with Gasteiger partial charge in [-0.25, -0.2) is 0 Å². The molecule has 0 unspecified atom stereocenters. The number of fused-ring (bicyclic) bond motifs is 2. The number of imidazole rings is 1. The predicted octanol–water partition coefficient (Wildman–Crippen LogP) is 13.8. The first-order valence-electron chi connectivity index (χ1n) is 20.4. The minimum atomic E-state index is -1.86. The van der Waals surface area contributed by atoms with Gasteiger partial charge in [-0.3, -0.25) is 4.98 Å². The van der Waals surface area contributed by atoms with Gasteiger partial charge in [0.1, 0.15) is 0 Å². The summed E-state index contributed by atoms with van der Waals surface area (Å²) in [5.41, 5.74) is 14.8. The monoisotopic (exact) mass is 1000 g/mol. The molecular formula is C52H55GeIrN3O-2. The van der Waals surface area contributed by atoms with Crippen LogP contribution in [0.15, 0.2) is 126 Å². The molecule has 3 heterocycles. The van der Waals surface area contributed by atoms with E-state index in [1.165, 1.54) is 33.5 Å². The Bertz CT molecular complexity index is 2600. The molecule has 0 amide bonds. The van der Waals surface area contributed by atoms with Crippen molar-refractivity contribution in [3.63, 3.8) is 0 Å². The van der Waals surface area contributed by atoms with Crippen molar-refractivity contribution < 1.29 is 24.5 Å². The number of rotatable bonds is 9. The Morgan fingerprint density at radius 1 is 0.741 bits per heavy atom. The van der Waals surface area contributed by atoms with Gasteiger partial charge >= 0.3 is 126 Å². The molecular weight excluding hydrogens is 947 g/mol. The van der Waals surface area contributed by atoms with E-state index in [9.17, 15) is 0 Å². The Labute approximate surface area is 361 Å². The van der Waals surface area contributed by atoms with E-state index < -0.39 is 13.3 Å². The molecule has 0 aliphatic heterocycles. The van der Waals surface area contributed by atoms with Crippen LogP contribution in [-0.2, 0) is 26.5 Å². The summed E-state index contributed by atoms with van der Waals surface area (Å²) in [4.78, 5) is 9.86. The smallest absolute Gasteiger partial charge is 0.0774 e. The normalized spacial score (nSPS) is 11.7. The van der Waals surface area contributed by atoms with Gasteiger partial charge in [0.25, 0.3) is 0 Å². The summed E-state index contributed by atoms with van der Waals surface area (Å²) in [7, 11) is 0. The fourth-order valence-corrected chi connectivity index (χ4v) is 11.2. The summed E-state index contributed by atoms with van der Waals surface area (Å²) >= 11 is -1.86. The molecule has 58 heavy (non-hydrogen) atoms. The van der Waals surface area contributed by atoms with Crippen molar-refractivity contribution in [1.29, 1.82) is 0 Å². The molecule has 3 aromatic heterocycles. The second kappa shape index (κ2) is 18.2. The van der Waals surface area contributed by atoms with E-state index in [0.29, 0.717) is 17.8 Å². The number of hydrogen-bond acceptors (Lipinski definition) is 3. The van der Waals surface area contributed by atoms with Crippen LogP contribution in [0.25, 0.3) is 61.5 Å². The molecule has 0 aliphatic rings. The van der Waals surface area contributed by atoms with E-state index in [0.717, 1.165) is 56.6 Å². The SMILES string of the molecule is CC(C)Cc1cc(-c2[c-]cccc2)nc[c]1[Ge]([CH3])([CH3])[CH3].Cc1cccc2c(-c3nc4ccccc4n3-c3c(C(C)C)cc(-c4ccccc4)cc3C(C)C)[c-]oc12.[Ir]. The third kappa shape index (κ3) is 9.03. The molecule has 4 nitrogen and oxygen atoms in total. The Morgan fingerprint density at radius 3 is 2.05 bits per heavy atom. The summed E-state index contributed by atoms with van der Waals surface area (Å²) in [6.07, 6.45) is 6.49. The third-order valence-corrected chi connectivity index (χ3v) is 15.0. The van der Waals surface area contributed by atoms with Crippen LogP contribution in [0.3, 0.4) is 0 Å². The summed E-state index contributed by atoms with van der Waals surface area (Å²) in [6.45, 7) is 15.8. The molecule has 0 N–H and O–H groups in total. The summed E-state index contributed by atoms with van der Waals surface area (Å²) < 4.78 is 9.86. The zero-order chi connectivity index (χ0) is 40.4. The van der Waals surface area contributed by atoms with E-state index in [1.54, 1.807) is 4.40 Å². The number of aryl methyl sites for hydroxylation is 1. The van der Waals surface area contributed by atoms with E-state index in [2.05, 4.69) is 186 Å². The van der Waals surface area contributed by atoms with Gasteiger partial charge in [0.2, 0.25) is 0 Å². The van der Waals surface area contributed by atoms with Gasteiger partial charge in [-0.2, -0.15) is 0 Å². The van der Waals surface area contributed by atoms with Crippen LogP contribution in [0, 0.1) is 25.2 Å². The van der Waals surface area contributed by atoms with Gasteiger partial charge in [0.15, 0.2) is 0 Å². The molecule has 5 aromatic carbocycles. The van der Waals surface area contributed by atoms with Crippen molar-refractivity contribution >= 4 is 39.7 Å². The van der Waals surface area contributed by atoms with Crippen molar-refractivity contribution in [3.05, 3.63) is 156 Å². The molecule has 0 bridgehead atoms. The zero-order valence-electron chi connectivity index (χ0n) is 35.6. The largest absolute Gasteiger partial charge is 0.557 e. The van der Waals surface area contributed by atoms with Crippen LogP contribution in [-0.4, -0.2) is 27.8 Å². The fraction of sp³-hybridized carbons (Fsp3) is 0.269. The standard InChI is InChI=1S/C34H31N2O.C18H24GeN.Ir/c1-21(2)27-18-25(24-13-7-6-8-14-24)19-28(22(3)4)32(27)36-31-17-10-9-16-30(31)35-34(36)29-20-37-33-23(5)12-11-15-26(29)33;1-14(2)11-16-12-18(15-9-7-6-8-10-15)20-13-17(16)19(3,4)5;/h6-19,21-22H,1-5H3;6-9,12-14H,11H2,1-5H3;/q2*-1;. The Morgan fingerprint density at radius 2 is 1.41 bits per heavy atom. The number of hydrogen-bond donors (Lipinski definition) is 0. The first-order valence-corrected chi connectivity index (χ1v) is 27.7. The van der Waals surface area contributed by atoms with Crippen molar-refractivity contribution in [1.82, 2.24) is 14.5 Å². The number of benzene rings is 5. The first kappa shape index (κ1) is 43.0. The predicted molar refractivity (Wildman–Crippen MR) is 243 cm³/mol. The van der Waals surface area contributed by atoms with Gasteiger partial charge in [0, 0.05) is 37.6 Å². The molecule has 1 radical (unpaired) electrons. The summed E-state index contributed by atoms with van der Waals surface area (Å²) in [6, 6.07) is 43.7. The first-order chi connectivity index (χ1) is 27.3. The average Bonchev–Trinajstić information content (AvgIpc) is 3.80. The van der Waals surface area contributed by atoms with Gasteiger partial charge < -0.3 is 8.98 Å². The van der Waals surface area contributed by atoms with Crippen molar-refractivity contribution in [3.8, 4) is 39.5 Å². The van der Waals surface area contributed by atoms with Crippen LogP contribution in [0.4, 0.5) is 0 Å². The van der Waals surface area contributed by atoms with Crippen LogP contribution < -0.4 is 4.40 Å². The zero-order valence-corrected chi connectivity index (χ0v) is 40.1. The van der Waals surface area contributed by atoms with E-state index in [4.69, 9.17) is 14.4 Å². The molecule has 0 fully saturated rings. The van der Waals surface area contributed by atoms with Crippen molar-refractivity contribution in [2.45, 2.75) is 84.0 Å². The quantitative estimate of drug-likeness (QED) is 0.107. The van der Waals surface area contributed by atoms with Gasteiger partial charge in [-0.05, 0) is 65.3 Å². The van der Waals surface area contributed by atoms with E-state index in [-0.39, 0.29) is 20.1 Å². The van der Waals surface area contributed by atoms with Crippen molar-refractivity contribution in [2.75, 3.05) is 0 Å². The second-order valence-electron chi connectivity index (χ2n) is 17.3. The Hall–Kier alpha value is -4.55. The van der Waals surface area contributed by atoms with Crippen molar-refractivity contribution in [2.24, 2.45) is 5.92 Å². The maximum absolute atomic E-state index is 5.98. The maximum atomic E-state index is 5.98. The van der Waals surface area contributed by atoms with Crippen LogP contribution in [0.2, 0.25) is 17.3 Å². The van der Waals surface area contributed by atoms with Gasteiger partial charge in [0.05, 0.1) is 16.9 Å². The number of para-hydroxylation sites is 3. The minimum Gasteiger partial charge on any atom is -0.557 e. The molecule has 0 saturated heterocycles. The summed E-state index contributed by atoms with van der Waals surface area (Å²) in [5.74, 6) is 9.49. The van der Waals surface area contributed by atoms with Crippen LogP contribution in [0.5, 0.6) is 0 Å². The Balaban J connectivity index is 0.000000230. The summed E-state index contributed by atoms with van der Waals surface area (Å²) in [5, 5.41) is 1.04. The number of pyridine rings is 1. The second-order valence-corrected chi connectivity index (χ2v) is 27.9. The third-order valence-electron chi connectivity index (χ3n) is 10.7. The van der Waals surface area contributed by atoms with E-state index in [1.807, 2.05) is 18.2 Å². The average molecular weight is 1000 g/mol. The topological polar surface area (TPSA) is 43.9 Å². The number of nitrogens with zero attached hydrogens (tertiary/aromatic N) is 3. The van der Waals surface area contributed by atoms with Gasteiger partial charge in [-0.15, -0.1) is 6.07 Å². The molecule has 299 valence electrons. The molecule has 0 spiro atoms. The number of furan rings is 1. The molecule has 8 rings (SSSR count). The molecule has 0 aliphatic carbocycles. The maximum Gasteiger partial charge on any atom is 0.0774 e. The van der Waals surface area contributed by atoms with E-state index >= 15 is 0 Å². The van der Waals surface area contributed by atoms with Crippen LogP contribution >= 0.6 is 0 Å². The molecule has 0 atom stereocenters. The Kier molecular flexibility index (Phi) is 13.5. The van der Waals surface area contributed by atoms with Crippen LogP contribution in [0.1, 0.15) is 75.6 Å². The molecule has 6 heteroatoms. The number of aromatic nitrogens is 3. The molecule has 0 saturated carbocycles. The van der Waals surface area contributed by atoms with Gasteiger partial charge in [-0.1, -0.05) is 98.8 Å². The fourth-order valence-electron chi connectivity index (χ4n) is 7.82. The minimum absolute atomic E-state index is 0. The molecule has 8 aromatic rings.